The van der Waals surface area contributed by atoms with Crippen LogP contribution in [0.15, 0.2) is 97.2 Å². The van der Waals surface area contributed by atoms with E-state index in [4.69, 9.17) is 14.2 Å². The molecule has 1 aliphatic heterocycles. The molecule has 1 rings (SSSR count). The molecule has 1 saturated heterocycles. The standard InChI is InChI=1S/C66H113NO10/c1-4-7-10-13-16-19-22-25-26-27-28-29-30-31-32-33-36-38-41-44-47-50-53-59(70)65(74)67-57(58(69)52-49-46-43-40-37-34-23-20-17-14-11-8-5-2)56-75-66-64(63(73)62(72)60(55-68)76-66)77-61(71)54-51-48-45-42-39-35-24-21-18-15-12-9-6-3/h9,12,15-16,18-19,21,24-26,28-29,31-32,49,52,57-60,62-64,66,68-70,72-73H,4-8,10-11,13-14,17,20,22-23,27,30,33-48,50-51,53-56H2,1-3H3,(H,67,74)/b12-9+,18-15+,19-16-,24-21-,26-25-,29-28-,32-31-,52-49+. The van der Waals surface area contributed by atoms with Crippen LogP contribution in [0.5, 0.6) is 0 Å². The third-order valence-electron chi connectivity index (χ3n) is 14.0. The lowest BCUT2D eigenvalue weighted by Crippen LogP contribution is -2.61. The van der Waals surface area contributed by atoms with Crippen LogP contribution < -0.4 is 5.32 Å². The van der Waals surface area contributed by atoms with Crippen LogP contribution in [-0.4, -0.2) is 99.6 Å². The van der Waals surface area contributed by atoms with Gasteiger partial charge in [0.05, 0.1) is 25.4 Å². The van der Waals surface area contributed by atoms with E-state index in [1.807, 2.05) is 24.3 Å². The summed E-state index contributed by atoms with van der Waals surface area (Å²) in [6.45, 7) is 5.60. The van der Waals surface area contributed by atoms with Gasteiger partial charge in [-0.2, -0.15) is 0 Å². The Morgan fingerprint density at radius 3 is 1.53 bits per heavy atom. The normalized spacial score (nSPS) is 19.7. The zero-order chi connectivity index (χ0) is 56.1. The first kappa shape index (κ1) is 71.6. The summed E-state index contributed by atoms with van der Waals surface area (Å²) < 4.78 is 17.6. The minimum absolute atomic E-state index is 0.0946. The molecule has 0 aromatic rings. The summed E-state index contributed by atoms with van der Waals surface area (Å²) in [6.07, 6.45) is 60.1. The van der Waals surface area contributed by atoms with E-state index in [0.717, 1.165) is 116 Å². The Kier molecular flexibility index (Phi) is 49.5. The minimum atomic E-state index is -1.63. The summed E-state index contributed by atoms with van der Waals surface area (Å²) >= 11 is 0. The number of carbonyl (C=O) groups is 2. The van der Waals surface area contributed by atoms with Gasteiger partial charge in [0.15, 0.2) is 12.4 Å². The van der Waals surface area contributed by atoms with Crippen molar-refractivity contribution in [2.45, 2.75) is 294 Å². The molecule has 1 amide bonds. The van der Waals surface area contributed by atoms with Crippen LogP contribution in [0.2, 0.25) is 0 Å². The van der Waals surface area contributed by atoms with Crippen molar-refractivity contribution < 1.29 is 49.3 Å². The molecule has 0 spiro atoms. The highest BCUT2D eigenvalue weighted by atomic mass is 16.7. The minimum Gasteiger partial charge on any atom is -0.454 e. The molecule has 1 heterocycles. The molecule has 11 heteroatoms. The fourth-order valence-corrected chi connectivity index (χ4v) is 9.10. The maximum atomic E-state index is 13.4. The van der Waals surface area contributed by atoms with Gasteiger partial charge >= 0.3 is 5.97 Å². The number of hydrogen-bond acceptors (Lipinski definition) is 10. The molecular formula is C66H113NO10. The second kappa shape index (κ2) is 53.2. The number of aliphatic hydroxyl groups is 5. The molecule has 11 nitrogen and oxygen atoms in total. The molecule has 1 fully saturated rings. The molecule has 0 aliphatic carbocycles. The van der Waals surface area contributed by atoms with Gasteiger partial charge in [0.1, 0.15) is 24.4 Å². The van der Waals surface area contributed by atoms with Gasteiger partial charge in [-0.25, -0.2) is 0 Å². The zero-order valence-corrected chi connectivity index (χ0v) is 48.8. The van der Waals surface area contributed by atoms with Crippen molar-refractivity contribution in [3.8, 4) is 0 Å². The monoisotopic (exact) mass is 1080 g/mol. The summed E-state index contributed by atoms with van der Waals surface area (Å²) in [5.41, 5.74) is 0. The summed E-state index contributed by atoms with van der Waals surface area (Å²) in [5, 5.41) is 57.0. The number of unbranched alkanes of at least 4 members (excludes halogenated alkanes) is 25. The second-order valence-electron chi connectivity index (χ2n) is 21.1. The van der Waals surface area contributed by atoms with Gasteiger partial charge in [0.2, 0.25) is 5.91 Å². The van der Waals surface area contributed by atoms with Crippen molar-refractivity contribution >= 4 is 11.9 Å². The van der Waals surface area contributed by atoms with Crippen molar-refractivity contribution in [1.82, 2.24) is 5.32 Å². The molecule has 77 heavy (non-hydrogen) atoms. The van der Waals surface area contributed by atoms with Crippen LogP contribution in [0.4, 0.5) is 0 Å². The summed E-state index contributed by atoms with van der Waals surface area (Å²) in [4.78, 5) is 26.5. The molecule has 1 aliphatic rings. The van der Waals surface area contributed by atoms with E-state index in [0.29, 0.717) is 12.8 Å². The van der Waals surface area contributed by atoms with Crippen LogP contribution in [0.25, 0.3) is 0 Å². The molecular weight excluding hydrogens is 967 g/mol. The Balaban J connectivity index is 2.70. The van der Waals surface area contributed by atoms with E-state index in [2.05, 4.69) is 92.9 Å². The van der Waals surface area contributed by atoms with Crippen molar-refractivity contribution in [2.24, 2.45) is 0 Å². The van der Waals surface area contributed by atoms with E-state index >= 15 is 0 Å². The van der Waals surface area contributed by atoms with E-state index < -0.39 is 67.4 Å². The lowest BCUT2D eigenvalue weighted by molar-refractivity contribution is -0.305. The Hall–Kier alpha value is -3.42. The Morgan fingerprint density at radius 2 is 0.987 bits per heavy atom. The zero-order valence-electron chi connectivity index (χ0n) is 48.8. The first-order valence-electron chi connectivity index (χ1n) is 31.0. The van der Waals surface area contributed by atoms with Crippen LogP contribution in [0.3, 0.4) is 0 Å². The average molecular weight is 1080 g/mol. The SMILES string of the molecule is CC/C=C/C=C/C=C\CCCCCCCC(=O)OC1C(OCC(NC(=O)C(O)CCCCCCCC/C=C\C/C=C\C/C=C\C/C=C\CCCCC)C(O)/C=C/CCCCCCCCCCCCC)OC(CO)C(O)C1O. The van der Waals surface area contributed by atoms with Gasteiger partial charge in [-0.1, -0.05) is 246 Å². The lowest BCUT2D eigenvalue weighted by Gasteiger charge is -2.41. The summed E-state index contributed by atoms with van der Waals surface area (Å²) in [6, 6.07) is -1.04. The first-order chi connectivity index (χ1) is 37.7. The van der Waals surface area contributed by atoms with Gasteiger partial charge in [-0.05, 0) is 89.9 Å². The number of nitrogens with one attached hydrogen (secondary N) is 1. The van der Waals surface area contributed by atoms with Crippen molar-refractivity contribution in [1.29, 1.82) is 0 Å². The Morgan fingerprint density at radius 1 is 0.532 bits per heavy atom. The van der Waals surface area contributed by atoms with Crippen molar-refractivity contribution in [3.05, 3.63) is 97.2 Å². The molecule has 442 valence electrons. The number of amides is 1. The Labute approximate surface area is 469 Å². The number of rotatable bonds is 51. The smallest absolute Gasteiger partial charge is 0.306 e. The Bertz CT molecular complexity index is 1620. The van der Waals surface area contributed by atoms with Gasteiger partial charge in [-0.3, -0.25) is 9.59 Å². The average Bonchev–Trinajstić information content (AvgIpc) is 3.43. The molecule has 6 N–H and O–H groups in total. The van der Waals surface area contributed by atoms with Crippen LogP contribution in [-0.2, 0) is 23.8 Å². The molecule has 0 aromatic carbocycles. The van der Waals surface area contributed by atoms with Gasteiger partial charge in [0, 0.05) is 6.42 Å². The number of hydrogen-bond donors (Lipinski definition) is 6. The predicted molar refractivity (Wildman–Crippen MR) is 319 cm³/mol. The summed E-state index contributed by atoms with van der Waals surface area (Å²) in [7, 11) is 0. The van der Waals surface area contributed by atoms with Crippen LogP contribution >= 0.6 is 0 Å². The number of esters is 1. The third-order valence-corrected chi connectivity index (χ3v) is 14.0. The van der Waals surface area contributed by atoms with Crippen molar-refractivity contribution in [2.75, 3.05) is 13.2 Å². The highest BCUT2D eigenvalue weighted by Gasteiger charge is 2.47. The van der Waals surface area contributed by atoms with Gasteiger partial charge in [0.25, 0.3) is 0 Å². The topological polar surface area (TPSA) is 175 Å². The first-order valence-corrected chi connectivity index (χ1v) is 31.0. The number of ether oxygens (including phenoxy) is 3. The van der Waals surface area contributed by atoms with E-state index in [9.17, 15) is 35.1 Å². The fraction of sp³-hybridized carbons (Fsp3) is 0.727. The lowest BCUT2D eigenvalue weighted by atomic mass is 9.99. The third kappa shape index (κ3) is 41.3. The van der Waals surface area contributed by atoms with Crippen molar-refractivity contribution in [3.63, 3.8) is 0 Å². The molecule has 8 atom stereocenters. The van der Waals surface area contributed by atoms with Gasteiger partial charge in [-0.15, -0.1) is 0 Å². The van der Waals surface area contributed by atoms with Crippen LogP contribution in [0.1, 0.15) is 245 Å². The molecule has 8 unspecified atom stereocenters. The molecule has 0 saturated carbocycles. The maximum Gasteiger partial charge on any atom is 0.306 e. The molecule has 0 bridgehead atoms. The highest BCUT2D eigenvalue weighted by Crippen LogP contribution is 2.26. The second-order valence-corrected chi connectivity index (χ2v) is 21.1. The number of aliphatic hydroxyl groups excluding tert-OH is 5. The molecule has 0 radical (unpaired) electrons. The highest BCUT2D eigenvalue weighted by molar-refractivity contribution is 5.80. The van der Waals surface area contributed by atoms with E-state index in [-0.39, 0.29) is 19.4 Å². The van der Waals surface area contributed by atoms with E-state index in [1.165, 1.54) is 83.5 Å². The van der Waals surface area contributed by atoms with Gasteiger partial charge < -0.3 is 45.1 Å². The fourth-order valence-electron chi connectivity index (χ4n) is 9.10. The summed E-state index contributed by atoms with van der Waals surface area (Å²) in [5.74, 6) is -1.23. The molecule has 0 aromatic heterocycles. The quantitative estimate of drug-likeness (QED) is 0.0149. The predicted octanol–water partition coefficient (Wildman–Crippen LogP) is 14.7. The number of allylic oxidation sites excluding steroid dienone is 15. The maximum absolute atomic E-state index is 13.4. The van der Waals surface area contributed by atoms with E-state index in [1.54, 1.807) is 6.08 Å². The van der Waals surface area contributed by atoms with Crippen LogP contribution in [0, 0.1) is 0 Å². The largest absolute Gasteiger partial charge is 0.454 e. The number of carbonyl (C=O) groups excluding carboxylic acids is 2.